The number of rotatable bonds is 1. The van der Waals surface area contributed by atoms with Gasteiger partial charge in [0, 0.05) is 10.4 Å². The smallest absolute Gasteiger partial charge is 0.115 e. The second-order valence-corrected chi connectivity index (χ2v) is 6.34. The average molecular weight is 307 g/mol. The number of hydrogen-bond acceptors (Lipinski definition) is 1. The van der Waals surface area contributed by atoms with E-state index in [1.54, 1.807) is 6.07 Å². The maximum Gasteiger partial charge on any atom is 0.115 e. The number of fused-ring (bicyclic) bond motifs is 3. The van der Waals surface area contributed by atoms with E-state index in [2.05, 4.69) is 43.3 Å². The third-order valence-electron chi connectivity index (χ3n) is 4.72. The lowest BCUT2D eigenvalue weighted by molar-refractivity contribution is 0.473. The largest absolute Gasteiger partial charge is 0.508 e. The van der Waals surface area contributed by atoms with E-state index in [0.29, 0.717) is 5.75 Å². The van der Waals surface area contributed by atoms with E-state index in [9.17, 15) is 5.11 Å². The second kappa shape index (κ2) is 4.62. The van der Waals surface area contributed by atoms with Crippen molar-refractivity contribution in [3.8, 4) is 16.9 Å². The van der Waals surface area contributed by atoms with Gasteiger partial charge in [-0.05, 0) is 59.0 Å². The Morgan fingerprint density at radius 3 is 2.27 bits per heavy atom. The summed E-state index contributed by atoms with van der Waals surface area (Å²) in [4.78, 5) is 0. The topological polar surface area (TPSA) is 20.2 Å². The van der Waals surface area contributed by atoms with Crippen LogP contribution in [0.15, 0.2) is 66.7 Å². The molecule has 108 valence electrons. The fourth-order valence-electron chi connectivity index (χ4n) is 3.57. The zero-order chi connectivity index (χ0) is 15.3. The molecular weight excluding hydrogens is 292 g/mol. The van der Waals surface area contributed by atoms with E-state index < -0.39 is 0 Å². The first kappa shape index (κ1) is 13.4. The molecule has 3 aromatic rings. The maximum absolute atomic E-state index is 9.98. The number of phenols is 1. The highest BCUT2D eigenvalue weighted by atomic mass is 35.5. The Labute approximate surface area is 134 Å². The van der Waals surface area contributed by atoms with Crippen molar-refractivity contribution in [3.05, 3.63) is 88.4 Å². The lowest BCUT2D eigenvalue weighted by Crippen LogP contribution is -2.22. The van der Waals surface area contributed by atoms with E-state index in [-0.39, 0.29) is 5.41 Å². The minimum Gasteiger partial charge on any atom is -0.508 e. The van der Waals surface area contributed by atoms with Crippen molar-refractivity contribution in [2.24, 2.45) is 0 Å². The van der Waals surface area contributed by atoms with Gasteiger partial charge >= 0.3 is 0 Å². The van der Waals surface area contributed by atoms with Crippen molar-refractivity contribution in [1.82, 2.24) is 0 Å². The molecule has 1 atom stereocenters. The van der Waals surface area contributed by atoms with Gasteiger partial charge in [-0.15, -0.1) is 0 Å². The first-order chi connectivity index (χ1) is 10.6. The van der Waals surface area contributed by atoms with Crippen molar-refractivity contribution in [2.75, 3.05) is 0 Å². The lowest BCUT2D eigenvalue weighted by atomic mass is 9.74. The predicted molar refractivity (Wildman–Crippen MR) is 90.6 cm³/mol. The van der Waals surface area contributed by atoms with Crippen molar-refractivity contribution >= 4 is 11.6 Å². The Kier molecular flexibility index (Phi) is 2.82. The van der Waals surface area contributed by atoms with Crippen LogP contribution in [0.3, 0.4) is 0 Å². The van der Waals surface area contributed by atoms with E-state index in [4.69, 9.17) is 11.6 Å². The molecule has 1 nitrogen and oxygen atoms in total. The molecule has 2 heteroatoms. The molecule has 22 heavy (non-hydrogen) atoms. The lowest BCUT2D eigenvalue weighted by Gasteiger charge is -2.28. The molecule has 1 N–H and O–H groups in total. The van der Waals surface area contributed by atoms with Gasteiger partial charge in [0.05, 0.1) is 0 Å². The number of hydrogen-bond donors (Lipinski definition) is 1. The molecule has 0 bridgehead atoms. The molecule has 0 fully saturated rings. The summed E-state index contributed by atoms with van der Waals surface area (Å²) in [5, 5.41) is 10.7. The van der Waals surface area contributed by atoms with Crippen molar-refractivity contribution in [1.29, 1.82) is 0 Å². The molecule has 1 aliphatic carbocycles. The minimum absolute atomic E-state index is 0.282. The fourth-order valence-corrected chi connectivity index (χ4v) is 3.70. The third kappa shape index (κ3) is 1.72. The van der Waals surface area contributed by atoms with E-state index >= 15 is 0 Å². The van der Waals surface area contributed by atoms with Crippen molar-refractivity contribution < 1.29 is 5.11 Å². The van der Waals surface area contributed by atoms with Crippen LogP contribution < -0.4 is 0 Å². The Morgan fingerprint density at radius 1 is 0.818 bits per heavy atom. The molecule has 0 saturated carbocycles. The quantitative estimate of drug-likeness (QED) is 0.640. The Hall–Kier alpha value is -2.25. The molecule has 0 radical (unpaired) electrons. The molecule has 4 rings (SSSR count). The van der Waals surface area contributed by atoms with Crippen molar-refractivity contribution in [2.45, 2.75) is 12.3 Å². The van der Waals surface area contributed by atoms with Gasteiger partial charge in [-0.2, -0.15) is 0 Å². The summed E-state index contributed by atoms with van der Waals surface area (Å²) in [7, 11) is 0. The average Bonchev–Trinajstić information content (AvgIpc) is 2.79. The molecule has 0 aliphatic heterocycles. The summed E-state index contributed by atoms with van der Waals surface area (Å²) in [6.45, 7) is 2.21. The van der Waals surface area contributed by atoms with E-state index in [0.717, 1.165) is 10.6 Å². The van der Waals surface area contributed by atoms with E-state index in [1.807, 2.05) is 24.3 Å². The zero-order valence-electron chi connectivity index (χ0n) is 12.2. The predicted octanol–water partition coefficient (Wildman–Crippen LogP) is 5.38. The minimum atomic E-state index is -0.282. The first-order valence-corrected chi connectivity index (χ1v) is 7.68. The van der Waals surface area contributed by atoms with Gasteiger partial charge in [0.2, 0.25) is 0 Å². The molecule has 1 unspecified atom stereocenters. The summed E-state index contributed by atoms with van der Waals surface area (Å²) in [5.41, 5.74) is 5.71. The Balaban J connectivity index is 2.07. The standard InChI is InChI=1S/C20H15ClO/c1-20(13-6-8-14(21)9-7-13)18-5-3-2-4-16(18)17-11-10-15(22)12-19(17)20/h2-12,22H,1H3. The van der Waals surface area contributed by atoms with Crippen LogP contribution in [0, 0.1) is 0 Å². The summed E-state index contributed by atoms with van der Waals surface area (Å²) < 4.78 is 0. The highest BCUT2D eigenvalue weighted by molar-refractivity contribution is 6.30. The summed E-state index contributed by atoms with van der Waals surface area (Å²) in [5.74, 6) is 0.298. The van der Waals surface area contributed by atoms with Crippen LogP contribution in [0.5, 0.6) is 5.75 Å². The van der Waals surface area contributed by atoms with Gasteiger partial charge in [0.15, 0.2) is 0 Å². The molecule has 0 heterocycles. The fraction of sp³-hybridized carbons (Fsp3) is 0.100. The molecular formula is C20H15ClO. The molecule has 0 saturated heterocycles. The van der Waals surface area contributed by atoms with Gasteiger partial charge in [-0.1, -0.05) is 54.1 Å². The van der Waals surface area contributed by atoms with Crippen molar-refractivity contribution in [3.63, 3.8) is 0 Å². The van der Waals surface area contributed by atoms with Gasteiger partial charge in [0.25, 0.3) is 0 Å². The number of halogens is 1. The molecule has 3 aromatic carbocycles. The Bertz CT molecular complexity index is 867. The van der Waals surface area contributed by atoms with Crippen LogP contribution in [-0.4, -0.2) is 5.11 Å². The number of aromatic hydroxyl groups is 1. The first-order valence-electron chi connectivity index (χ1n) is 7.30. The monoisotopic (exact) mass is 306 g/mol. The van der Waals surface area contributed by atoms with Crippen LogP contribution >= 0.6 is 11.6 Å². The summed E-state index contributed by atoms with van der Waals surface area (Å²) >= 11 is 6.05. The maximum atomic E-state index is 9.98. The van der Waals surface area contributed by atoms with Crippen LogP contribution in [0.4, 0.5) is 0 Å². The van der Waals surface area contributed by atoms with Crippen LogP contribution in [0.1, 0.15) is 23.6 Å². The highest BCUT2D eigenvalue weighted by Crippen LogP contribution is 2.52. The molecule has 0 amide bonds. The van der Waals surface area contributed by atoms with E-state index in [1.165, 1.54) is 22.3 Å². The molecule has 1 aliphatic rings. The van der Waals surface area contributed by atoms with Crippen LogP contribution in [-0.2, 0) is 5.41 Å². The normalized spacial score (nSPS) is 18.8. The van der Waals surface area contributed by atoms with Crippen LogP contribution in [0.25, 0.3) is 11.1 Å². The third-order valence-corrected chi connectivity index (χ3v) is 4.97. The van der Waals surface area contributed by atoms with Gasteiger partial charge < -0.3 is 5.11 Å². The summed E-state index contributed by atoms with van der Waals surface area (Å²) in [6, 6.07) is 22.1. The number of benzene rings is 3. The molecule has 0 spiro atoms. The van der Waals surface area contributed by atoms with Gasteiger partial charge in [0.1, 0.15) is 5.75 Å². The molecule has 0 aromatic heterocycles. The van der Waals surface area contributed by atoms with Gasteiger partial charge in [-0.25, -0.2) is 0 Å². The van der Waals surface area contributed by atoms with Crippen LogP contribution in [0.2, 0.25) is 5.02 Å². The Morgan fingerprint density at radius 2 is 1.50 bits per heavy atom. The second-order valence-electron chi connectivity index (χ2n) is 5.91. The number of phenolic OH excluding ortho intramolecular Hbond substituents is 1. The highest BCUT2D eigenvalue weighted by Gasteiger charge is 2.40. The van der Waals surface area contributed by atoms with Gasteiger partial charge in [-0.3, -0.25) is 0 Å². The zero-order valence-corrected chi connectivity index (χ0v) is 12.9. The SMILES string of the molecule is CC1(c2ccc(Cl)cc2)c2ccccc2-c2ccc(O)cc21. The summed E-state index contributed by atoms with van der Waals surface area (Å²) in [6.07, 6.45) is 0.